The van der Waals surface area contributed by atoms with Crippen molar-refractivity contribution in [1.29, 1.82) is 0 Å². The predicted molar refractivity (Wildman–Crippen MR) is 124 cm³/mol. The molecule has 2 aromatic heterocycles. The van der Waals surface area contributed by atoms with Crippen LogP contribution in [0.5, 0.6) is 0 Å². The van der Waals surface area contributed by atoms with Crippen LogP contribution in [-0.4, -0.2) is 9.97 Å². The molecule has 0 spiro atoms. The Bertz CT molecular complexity index is 1680. The van der Waals surface area contributed by atoms with Crippen molar-refractivity contribution in [2.24, 2.45) is 0 Å². The first-order chi connectivity index (χ1) is 15.0. The van der Waals surface area contributed by atoms with Gasteiger partial charge in [-0.3, -0.25) is 0 Å². The van der Waals surface area contributed by atoms with Gasteiger partial charge in [-0.25, -0.2) is 14.4 Å². The SMILES string of the molecule is Cc1nc(-c2cccc3c2oc2ccccc23)c2ccc3cc(C)c(F)c(C)c3c2n1. The van der Waals surface area contributed by atoms with Gasteiger partial charge in [-0.05, 0) is 61.5 Å². The van der Waals surface area contributed by atoms with Crippen LogP contribution < -0.4 is 0 Å². The van der Waals surface area contributed by atoms with Gasteiger partial charge in [0.1, 0.15) is 22.8 Å². The van der Waals surface area contributed by atoms with Crippen LogP contribution in [0.2, 0.25) is 0 Å². The summed E-state index contributed by atoms with van der Waals surface area (Å²) in [6, 6.07) is 20.1. The van der Waals surface area contributed by atoms with Crippen molar-refractivity contribution in [3.63, 3.8) is 0 Å². The third-order valence-electron chi connectivity index (χ3n) is 6.09. The maximum absolute atomic E-state index is 14.8. The van der Waals surface area contributed by atoms with Crippen LogP contribution in [0, 0.1) is 26.6 Å². The van der Waals surface area contributed by atoms with Crippen LogP contribution in [-0.2, 0) is 0 Å². The van der Waals surface area contributed by atoms with Gasteiger partial charge in [-0.1, -0.05) is 36.4 Å². The third-order valence-corrected chi connectivity index (χ3v) is 6.09. The van der Waals surface area contributed by atoms with Crippen molar-refractivity contribution in [2.75, 3.05) is 0 Å². The number of furan rings is 1. The molecule has 0 aliphatic carbocycles. The second kappa shape index (κ2) is 6.35. The fraction of sp³-hybridized carbons (Fsp3) is 0.111. The van der Waals surface area contributed by atoms with E-state index in [1.54, 1.807) is 6.92 Å². The Morgan fingerprint density at radius 2 is 1.61 bits per heavy atom. The van der Waals surface area contributed by atoms with Crippen molar-refractivity contribution in [3.8, 4) is 11.3 Å². The number of aryl methyl sites for hydroxylation is 3. The fourth-order valence-electron chi connectivity index (χ4n) is 4.68. The first kappa shape index (κ1) is 18.0. The van der Waals surface area contributed by atoms with E-state index in [0.717, 1.165) is 54.9 Å². The van der Waals surface area contributed by atoms with E-state index in [1.165, 1.54) is 0 Å². The zero-order valence-electron chi connectivity index (χ0n) is 17.5. The molecule has 0 aliphatic heterocycles. The van der Waals surface area contributed by atoms with Crippen LogP contribution >= 0.6 is 0 Å². The van der Waals surface area contributed by atoms with Gasteiger partial charge in [0.2, 0.25) is 0 Å². The van der Waals surface area contributed by atoms with Crippen molar-refractivity contribution >= 4 is 43.6 Å². The second-order valence-electron chi connectivity index (χ2n) is 8.09. The maximum atomic E-state index is 14.8. The molecule has 3 nitrogen and oxygen atoms in total. The molecule has 0 N–H and O–H groups in total. The largest absolute Gasteiger partial charge is 0.455 e. The molecular weight excluding hydrogens is 387 g/mol. The molecule has 6 rings (SSSR count). The number of aromatic nitrogens is 2. The molecule has 4 heteroatoms. The topological polar surface area (TPSA) is 38.9 Å². The van der Waals surface area contributed by atoms with Crippen molar-refractivity contribution in [1.82, 2.24) is 9.97 Å². The molecule has 0 atom stereocenters. The lowest BCUT2D eigenvalue weighted by Crippen LogP contribution is -1.98. The van der Waals surface area contributed by atoms with Crippen LogP contribution in [0.3, 0.4) is 0 Å². The zero-order chi connectivity index (χ0) is 21.3. The third kappa shape index (κ3) is 2.51. The number of hydrogen-bond acceptors (Lipinski definition) is 3. The lowest BCUT2D eigenvalue weighted by Gasteiger charge is -2.13. The minimum Gasteiger partial charge on any atom is -0.455 e. The molecule has 4 aromatic carbocycles. The fourth-order valence-corrected chi connectivity index (χ4v) is 4.68. The molecule has 6 aromatic rings. The first-order valence-corrected chi connectivity index (χ1v) is 10.3. The highest BCUT2D eigenvalue weighted by Gasteiger charge is 2.18. The Kier molecular flexibility index (Phi) is 3.69. The van der Waals surface area contributed by atoms with E-state index < -0.39 is 0 Å². The average Bonchev–Trinajstić information content (AvgIpc) is 3.15. The van der Waals surface area contributed by atoms with E-state index in [-0.39, 0.29) is 5.82 Å². The normalized spacial score (nSPS) is 11.9. The highest BCUT2D eigenvalue weighted by molar-refractivity contribution is 6.15. The number of fused-ring (bicyclic) bond motifs is 6. The Morgan fingerprint density at radius 3 is 2.48 bits per heavy atom. The van der Waals surface area contributed by atoms with E-state index in [4.69, 9.17) is 14.4 Å². The molecule has 2 heterocycles. The molecule has 0 aliphatic rings. The molecule has 0 unspecified atom stereocenters. The van der Waals surface area contributed by atoms with E-state index in [2.05, 4.69) is 12.1 Å². The van der Waals surface area contributed by atoms with Crippen molar-refractivity contribution in [2.45, 2.75) is 20.8 Å². The predicted octanol–water partition coefficient (Wildman–Crippen LogP) is 7.41. The number of benzene rings is 4. The molecule has 0 amide bonds. The standard InChI is InChI=1S/C27H19FN2O/c1-14-13-17-11-12-20-25(29-16(3)30-26(20)23(17)15(2)24(14)28)21-9-6-8-19-18-7-4-5-10-22(18)31-27(19)21/h4-13H,1-3H3. The number of para-hydroxylation sites is 2. The summed E-state index contributed by atoms with van der Waals surface area (Å²) in [6.07, 6.45) is 0. The molecule has 31 heavy (non-hydrogen) atoms. The number of nitrogens with zero attached hydrogens (tertiary/aromatic N) is 2. The number of hydrogen-bond donors (Lipinski definition) is 0. The lowest BCUT2D eigenvalue weighted by molar-refractivity contribution is 0.612. The van der Waals surface area contributed by atoms with Crippen molar-refractivity contribution in [3.05, 3.63) is 83.4 Å². The van der Waals surface area contributed by atoms with E-state index in [1.807, 2.05) is 62.4 Å². The minimum absolute atomic E-state index is 0.183. The second-order valence-corrected chi connectivity index (χ2v) is 8.09. The van der Waals surface area contributed by atoms with Gasteiger partial charge >= 0.3 is 0 Å². The summed E-state index contributed by atoms with van der Waals surface area (Å²) in [5, 5.41) is 4.83. The molecule has 0 radical (unpaired) electrons. The van der Waals surface area contributed by atoms with E-state index >= 15 is 0 Å². The molecule has 0 saturated carbocycles. The van der Waals surface area contributed by atoms with Gasteiger partial charge in [0.25, 0.3) is 0 Å². The minimum atomic E-state index is -0.183. The number of rotatable bonds is 1. The maximum Gasteiger partial charge on any atom is 0.144 e. The Hall–Kier alpha value is -3.79. The van der Waals surface area contributed by atoms with Crippen LogP contribution in [0.1, 0.15) is 17.0 Å². The van der Waals surface area contributed by atoms with Crippen molar-refractivity contribution < 1.29 is 8.81 Å². The summed E-state index contributed by atoms with van der Waals surface area (Å²) in [6.45, 7) is 5.49. The Morgan fingerprint density at radius 1 is 0.806 bits per heavy atom. The lowest BCUT2D eigenvalue weighted by atomic mass is 9.96. The summed E-state index contributed by atoms with van der Waals surface area (Å²) >= 11 is 0. The highest BCUT2D eigenvalue weighted by Crippen LogP contribution is 2.39. The summed E-state index contributed by atoms with van der Waals surface area (Å²) in [4.78, 5) is 9.54. The summed E-state index contributed by atoms with van der Waals surface area (Å²) in [5.74, 6) is 0.459. The van der Waals surface area contributed by atoms with E-state index in [9.17, 15) is 4.39 Å². The summed E-state index contributed by atoms with van der Waals surface area (Å²) in [7, 11) is 0. The quantitative estimate of drug-likeness (QED) is 0.267. The first-order valence-electron chi connectivity index (χ1n) is 10.3. The number of halogens is 1. The van der Waals surface area contributed by atoms with Gasteiger partial charge in [0.05, 0.1) is 11.2 Å². The average molecular weight is 406 g/mol. The van der Waals surface area contributed by atoms with Gasteiger partial charge in [0, 0.05) is 27.1 Å². The van der Waals surface area contributed by atoms with Gasteiger partial charge < -0.3 is 4.42 Å². The molecule has 0 bridgehead atoms. The summed E-state index contributed by atoms with van der Waals surface area (Å²) in [5.41, 5.74) is 5.38. The highest BCUT2D eigenvalue weighted by atomic mass is 19.1. The van der Waals surface area contributed by atoms with Crippen LogP contribution in [0.15, 0.2) is 65.1 Å². The van der Waals surface area contributed by atoms with Gasteiger partial charge in [-0.15, -0.1) is 0 Å². The Labute approximate surface area is 178 Å². The van der Waals surface area contributed by atoms with Gasteiger partial charge in [0.15, 0.2) is 0 Å². The van der Waals surface area contributed by atoms with E-state index in [0.29, 0.717) is 17.0 Å². The summed E-state index contributed by atoms with van der Waals surface area (Å²) < 4.78 is 21.0. The molecule has 0 saturated heterocycles. The molecule has 0 fully saturated rings. The van der Waals surface area contributed by atoms with Crippen LogP contribution in [0.4, 0.5) is 4.39 Å². The smallest absolute Gasteiger partial charge is 0.144 e. The Balaban J connectivity index is 1.77. The van der Waals surface area contributed by atoms with Crippen LogP contribution in [0.25, 0.3) is 54.9 Å². The molecule has 150 valence electrons. The zero-order valence-corrected chi connectivity index (χ0v) is 17.5. The molecular formula is C27H19FN2O. The van der Waals surface area contributed by atoms with Gasteiger partial charge in [-0.2, -0.15) is 0 Å². The monoisotopic (exact) mass is 406 g/mol.